The van der Waals surface area contributed by atoms with Crippen LogP contribution in [0.4, 0.5) is 0 Å². The molecule has 0 saturated heterocycles. The van der Waals surface area contributed by atoms with Crippen molar-refractivity contribution in [2.24, 2.45) is 0 Å². The van der Waals surface area contributed by atoms with Gasteiger partial charge in [-0.05, 0) is 25.0 Å². The standard InChI is InChI=1S/C10H11NO4/c1-14-9-8(15-6-2-3-6)5-4-7(11-9)10(12)13/h4-6H,2-3H2,1H3,(H,12,13). The van der Waals surface area contributed by atoms with Crippen molar-refractivity contribution < 1.29 is 19.4 Å². The number of carbonyl (C=O) groups is 1. The lowest BCUT2D eigenvalue weighted by Gasteiger charge is -2.08. The van der Waals surface area contributed by atoms with Crippen molar-refractivity contribution in [2.45, 2.75) is 18.9 Å². The van der Waals surface area contributed by atoms with Gasteiger partial charge in [0, 0.05) is 0 Å². The van der Waals surface area contributed by atoms with Crippen molar-refractivity contribution in [1.82, 2.24) is 4.98 Å². The summed E-state index contributed by atoms with van der Waals surface area (Å²) in [6.45, 7) is 0. The van der Waals surface area contributed by atoms with Gasteiger partial charge in [0.25, 0.3) is 5.88 Å². The molecule has 0 aliphatic heterocycles. The first-order chi connectivity index (χ1) is 7.20. The lowest BCUT2D eigenvalue weighted by atomic mass is 10.3. The zero-order chi connectivity index (χ0) is 10.8. The molecule has 1 fully saturated rings. The highest BCUT2D eigenvalue weighted by Crippen LogP contribution is 2.32. The Morgan fingerprint density at radius 3 is 2.80 bits per heavy atom. The van der Waals surface area contributed by atoms with Crippen molar-refractivity contribution in [3.63, 3.8) is 0 Å². The first-order valence-electron chi connectivity index (χ1n) is 4.65. The van der Waals surface area contributed by atoms with Crippen molar-refractivity contribution in [1.29, 1.82) is 0 Å². The topological polar surface area (TPSA) is 68.7 Å². The molecule has 1 aromatic rings. The van der Waals surface area contributed by atoms with E-state index in [-0.39, 0.29) is 17.7 Å². The van der Waals surface area contributed by atoms with E-state index < -0.39 is 5.97 Å². The van der Waals surface area contributed by atoms with Crippen LogP contribution in [0.5, 0.6) is 11.6 Å². The lowest BCUT2D eigenvalue weighted by molar-refractivity contribution is 0.0689. The Balaban J connectivity index is 2.25. The number of carboxylic acid groups (broad SMARTS) is 1. The smallest absolute Gasteiger partial charge is 0.354 e. The van der Waals surface area contributed by atoms with Crippen molar-refractivity contribution in [3.05, 3.63) is 17.8 Å². The highest BCUT2D eigenvalue weighted by atomic mass is 16.5. The zero-order valence-electron chi connectivity index (χ0n) is 8.27. The molecule has 0 amide bonds. The normalized spacial score (nSPS) is 14.7. The van der Waals surface area contributed by atoms with E-state index in [1.165, 1.54) is 13.2 Å². The van der Waals surface area contributed by atoms with E-state index in [2.05, 4.69) is 4.98 Å². The second-order valence-corrected chi connectivity index (χ2v) is 3.33. The van der Waals surface area contributed by atoms with Crippen molar-refractivity contribution in [3.8, 4) is 11.6 Å². The molecule has 0 atom stereocenters. The van der Waals surface area contributed by atoms with Gasteiger partial charge >= 0.3 is 5.97 Å². The van der Waals surface area contributed by atoms with Crippen LogP contribution >= 0.6 is 0 Å². The second kappa shape index (κ2) is 3.76. The van der Waals surface area contributed by atoms with E-state index in [0.717, 1.165) is 12.8 Å². The van der Waals surface area contributed by atoms with E-state index in [0.29, 0.717) is 5.75 Å². The predicted molar refractivity (Wildman–Crippen MR) is 51.4 cm³/mol. The van der Waals surface area contributed by atoms with Gasteiger partial charge in [-0.3, -0.25) is 0 Å². The quantitative estimate of drug-likeness (QED) is 0.810. The van der Waals surface area contributed by atoms with Gasteiger partial charge in [0.2, 0.25) is 0 Å². The fraction of sp³-hybridized carbons (Fsp3) is 0.400. The molecule has 0 unspecified atom stereocenters. The van der Waals surface area contributed by atoms with Gasteiger partial charge in [-0.1, -0.05) is 0 Å². The Hall–Kier alpha value is -1.78. The number of carboxylic acids is 1. The molecule has 5 nitrogen and oxygen atoms in total. The molecule has 0 bridgehead atoms. The van der Waals surface area contributed by atoms with E-state index in [4.69, 9.17) is 14.6 Å². The number of nitrogens with zero attached hydrogens (tertiary/aromatic N) is 1. The minimum Gasteiger partial charge on any atom is -0.485 e. The molecule has 0 radical (unpaired) electrons. The van der Waals surface area contributed by atoms with Crippen molar-refractivity contribution in [2.75, 3.05) is 7.11 Å². The third-order valence-electron chi connectivity index (χ3n) is 2.06. The van der Waals surface area contributed by atoms with Gasteiger partial charge in [-0.2, -0.15) is 0 Å². The van der Waals surface area contributed by atoms with E-state index >= 15 is 0 Å². The molecule has 1 aromatic heterocycles. The third-order valence-corrected chi connectivity index (χ3v) is 2.06. The fourth-order valence-electron chi connectivity index (χ4n) is 1.15. The fourth-order valence-corrected chi connectivity index (χ4v) is 1.15. The SMILES string of the molecule is COc1nc(C(=O)O)ccc1OC1CC1. The number of methoxy groups -OCH3 is 1. The van der Waals surface area contributed by atoms with Crippen LogP contribution in [0.15, 0.2) is 12.1 Å². The van der Waals surface area contributed by atoms with Crippen LogP contribution in [0.3, 0.4) is 0 Å². The van der Waals surface area contributed by atoms with Crippen molar-refractivity contribution >= 4 is 5.97 Å². The summed E-state index contributed by atoms with van der Waals surface area (Å²) in [7, 11) is 1.44. The summed E-state index contributed by atoms with van der Waals surface area (Å²) in [6, 6.07) is 2.98. The molecule has 0 spiro atoms. The molecular formula is C10H11NO4. The Morgan fingerprint density at radius 1 is 1.53 bits per heavy atom. The molecular weight excluding hydrogens is 198 g/mol. The summed E-state index contributed by atoms with van der Waals surface area (Å²) in [5.74, 6) is -0.349. The van der Waals surface area contributed by atoms with Crippen LogP contribution in [0.25, 0.3) is 0 Å². The summed E-state index contributed by atoms with van der Waals surface area (Å²) in [4.78, 5) is 14.5. The monoisotopic (exact) mass is 209 g/mol. The largest absolute Gasteiger partial charge is 0.485 e. The van der Waals surface area contributed by atoms with E-state index in [9.17, 15) is 4.79 Å². The highest BCUT2D eigenvalue weighted by Gasteiger charge is 2.25. The molecule has 15 heavy (non-hydrogen) atoms. The maximum absolute atomic E-state index is 10.7. The molecule has 1 heterocycles. The van der Waals surface area contributed by atoms with Crippen LogP contribution in [0.1, 0.15) is 23.3 Å². The number of hydrogen-bond acceptors (Lipinski definition) is 4. The molecule has 80 valence electrons. The maximum atomic E-state index is 10.7. The van der Waals surface area contributed by atoms with E-state index in [1.54, 1.807) is 6.07 Å². The first kappa shape index (κ1) is 9.76. The molecule has 5 heteroatoms. The second-order valence-electron chi connectivity index (χ2n) is 3.33. The molecule has 1 N–H and O–H groups in total. The number of hydrogen-bond donors (Lipinski definition) is 1. The molecule has 0 aromatic carbocycles. The number of ether oxygens (including phenoxy) is 2. The van der Waals surface area contributed by atoms with Crippen LogP contribution in [0.2, 0.25) is 0 Å². The third kappa shape index (κ3) is 2.18. The first-order valence-corrected chi connectivity index (χ1v) is 4.65. The summed E-state index contributed by atoms with van der Waals surface area (Å²) in [5, 5.41) is 8.73. The van der Waals surface area contributed by atoms with Crippen LogP contribution in [0, 0.1) is 0 Å². The van der Waals surface area contributed by atoms with Gasteiger partial charge in [0.05, 0.1) is 13.2 Å². The Morgan fingerprint density at radius 2 is 2.27 bits per heavy atom. The summed E-state index contributed by atoms with van der Waals surface area (Å²) >= 11 is 0. The zero-order valence-corrected chi connectivity index (χ0v) is 8.27. The Kier molecular flexibility index (Phi) is 2.45. The van der Waals surface area contributed by atoms with E-state index in [1.807, 2.05) is 0 Å². The highest BCUT2D eigenvalue weighted by molar-refractivity contribution is 5.85. The minimum absolute atomic E-state index is 0.0463. The number of pyridine rings is 1. The molecule has 1 aliphatic carbocycles. The average molecular weight is 209 g/mol. The van der Waals surface area contributed by atoms with Gasteiger partial charge < -0.3 is 14.6 Å². The summed E-state index contributed by atoms with van der Waals surface area (Å²) in [6.07, 6.45) is 2.30. The van der Waals surface area contributed by atoms with Gasteiger partial charge in [0.1, 0.15) is 0 Å². The summed E-state index contributed by atoms with van der Waals surface area (Å²) < 4.78 is 10.5. The van der Waals surface area contributed by atoms with Crippen LogP contribution in [-0.2, 0) is 0 Å². The average Bonchev–Trinajstić information content (AvgIpc) is 3.02. The molecule has 1 saturated carbocycles. The molecule has 2 rings (SSSR count). The number of aromatic carboxylic acids is 1. The lowest BCUT2D eigenvalue weighted by Crippen LogP contribution is -2.05. The maximum Gasteiger partial charge on any atom is 0.354 e. The Labute approximate surface area is 86.7 Å². The van der Waals surface area contributed by atoms with Gasteiger partial charge in [-0.15, -0.1) is 0 Å². The predicted octanol–water partition coefficient (Wildman–Crippen LogP) is 1.33. The van der Waals surface area contributed by atoms with Gasteiger partial charge in [-0.25, -0.2) is 9.78 Å². The Bertz CT molecular complexity index is 387. The molecule has 1 aliphatic rings. The minimum atomic E-state index is -1.08. The number of rotatable bonds is 4. The van der Waals surface area contributed by atoms with Gasteiger partial charge in [0.15, 0.2) is 11.4 Å². The van der Waals surface area contributed by atoms with Crippen LogP contribution in [-0.4, -0.2) is 29.3 Å². The summed E-state index contributed by atoms with van der Waals surface area (Å²) in [5.41, 5.74) is -0.0463. The number of aromatic nitrogens is 1. The van der Waals surface area contributed by atoms with Crippen LogP contribution < -0.4 is 9.47 Å².